The molecule has 2 aromatic rings. The van der Waals surface area contributed by atoms with E-state index >= 15 is 0 Å². The monoisotopic (exact) mass is 469 g/mol. The number of aliphatic hydroxyl groups is 1. The summed E-state index contributed by atoms with van der Waals surface area (Å²) in [5.41, 5.74) is 1.59. The molecule has 1 heterocycles. The number of hydrogen-bond donors (Lipinski definition) is 1. The number of benzene rings is 2. The van der Waals surface area contributed by atoms with Gasteiger partial charge in [-0.2, -0.15) is 0 Å². The van der Waals surface area contributed by atoms with E-state index in [0.29, 0.717) is 36.6 Å². The fourth-order valence-electron chi connectivity index (χ4n) is 3.68. The molecule has 174 valence electrons. The first kappa shape index (κ1) is 24.5. The number of nitro groups is 1. The summed E-state index contributed by atoms with van der Waals surface area (Å²) in [5.74, 6) is -0.424. The van der Waals surface area contributed by atoms with Crippen LogP contribution in [0, 0.1) is 10.1 Å². The summed E-state index contributed by atoms with van der Waals surface area (Å²) < 4.78 is 0. The molecule has 0 spiro atoms. The van der Waals surface area contributed by atoms with Crippen LogP contribution in [0.1, 0.15) is 30.9 Å². The normalized spacial score (nSPS) is 13.8. The number of carbonyl (C=O) groups excluding carboxylic acids is 2. The van der Waals surface area contributed by atoms with Crippen molar-refractivity contribution in [2.24, 2.45) is 0 Å². The van der Waals surface area contributed by atoms with Crippen LogP contribution in [-0.2, 0) is 9.59 Å². The van der Waals surface area contributed by atoms with Gasteiger partial charge in [0.05, 0.1) is 9.82 Å². The number of rotatable bonds is 7. The molecule has 9 heteroatoms. The summed E-state index contributed by atoms with van der Waals surface area (Å²) >= 11 is 1.33. The number of nitro benzene ring substituents is 1. The van der Waals surface area contributed by atoms with Gasteiger partial charge in [0.1, 0.15) is 6.61 Å². The highest BCUT2D eigenvalue weighted by molar-refractivity contribution is 7.99. The van der Waals surface area contributed by atoms with Crippen molar-refractivity contribution >= 4 is 34.8 Å². The minimum absolute atomic E-state index is 0.0802. The second kappa shape index (κ2) is 10.6. The summed E-state index contributed by atoms with van der Waals surface area (Å²) in [6.07, 6.45) is 0. The lowest BCUT2D eigenvalue weighted by molar-refractivity contribution is -0.387. The van der Waals surface area contributed by atoms with E-state index in [9.17, 15) is 19.7 Å². The lowest BCUT2D eigenvalue weighted by atomic mass is 10.0. The molecule has 1 saturated heterocycles. The predicted octanol–water partition coefficient (Wildman–Crippen LogP) is 3.55. The van der Waals surface area contributed by atoms with Crippen LogP contribution in [0.3, 0.4) is 0 Å². The van der Waals surface area contributed by atoms with E-state index in [4.69, 9.17) is 5.11 Å². The van der Waals surface area contributed by atoms with E-state index < -0.39 is 11.5 Å². The van der Waals surface area contributed by atoms with Crippen LogP contribution in [0.15, 0.2) is 58.8 Å². The summed E-state index contributed by atoms with van der Waals surface area (Å²) in [7, 11) is 0. The van der Waals surface area contributed by atoms with E-state index in [0.717, 1.165) is 10.5 Å². The molecule has 0 saturated carbocycles. The molecule has 0 bridgehead atoms. The van der Waals surface area contributed by atoms with Crippen LogP contribution in [0.2, 0.25) is 0 Å². The molecule has 0 radical (unpaired) electrons. The van der Waals surface area contributed by atoms with Crippen LogP contribution in [-0.4, -0.2) is 64.4 Å². The van der Waals surface area contributed by atoms with Crippen molar-refractivity contribution in [2.45, 2.75) is 29.6 Å². The number of piperazine rings is 1. The van der Waals surface area contributed by atoms with Gasteiger partial charge >= 0.3 is 0 Å². The van der Waals surface area contributed by atoms with Crippen molar-refractivity contribution in [2.75, 3.05) is 32.8 Å². The highest BCUT2D eigenvalue weighted by Crippen LogP contribution is 2.39. The Morgan fingerprint density at radius 3 is 2.33 bits per heavy atom. The topological polar surface area (TPSA) is 104 Å². The summed E-state index contributed by atoms with van der Waals surface area (Å²) in [5, 5.41) is 20.8. The molecule has 0 aliphatic carbocycles. The van der Waals surface area contributed by atoms with Gasteiger partial charge < -0.3 is 14.9 Å². The number of hydrogen-bond acceptors (Lipinski definition) is 6. The Bertz CT molecular complexity index is 1080. The molecule has 1 aliphatic rings. The standard InChI is InChI=1S/C24H27N3O5S/c1-16(2)19-6-4-5-7-21(19)33-22-9-8-18(14-20(22)27(31)32)17(3)24(30)26-12-10-25(11-13-26)23(29)15-28/h4-9,14,16,28H,3,10-13,15H2,1-2H3. The van der Waals surface area contributed by atoms with Crippen molar-refractivity contribution in [3.8, 4) is 0 Å². The molecule has 0 unspecified atom stereocenters. The summed E-state index contributed by atoms with van der Waals surface area (Å²) in [4.78, 5) is 40.4. The van der Waals surface area contributed by atoms with E-state index in [2.05, 4.69) is 20.4 Å². The quantitative estimate of drug-likeness (QED) is 0.378. The Labute approximate surface area is 197 Å². The third kappa shape index (κ3) is 5.61. The number of carbonyl (C=O) groups is 2. The van der Waals surface area contributed by atoms with Gasteiger partial charge in [-0.3, -0.25) is 19.7 Å². The van der Waals surface area contributed by atoms with Gasteiger partial charge in [-0.25, -0.2) is 0 Å². The Morgan fingerprint density at radius 1 is 1.09 bits per heavy atom. The zero-order valence-corrected chi connectivity index (χ0v) is 19.5. The molecule has 0 atom stereocenters. The lowest BCUT2D eigenvalue weighted by Crippen LogP contribution is -2.51. The first-order valence-corrected chi connectivity index (χ1v) is 11.5. The van der Waals surface area contributed by atoms with Crippen molar-refractivity contribution in [1.29, 1.82) is 0 Å². The van der Waals surface area contributed by atoms with Crippen LogP contribution in [0.4, 0.5) is 5.69 Å². The Morgan fingerprint density at radius 2 is 1.73 bits per heavy atom. The maximum atomic E-state index is 12.9. The van der Waals surface area contributed by atoms with Gasteiger partial charge in [-0.05, 0) is 29.2 Å². The summed E-state index contributed by atoms with van der Waals surface area (Å²) in [6, 6.07) is 12.6. The maximum Gasteiger partial charge on any atom is 0.283 e. The minimum atomic E-state index is -0.559. The first-order valence-electron chi connectivity index (χ1n) is 10.6. The highest BCUT2D eigenvalue weighted by Gasteiger charge is 2.27. The zero-order chi connectivity index (χ0) is 24.1. The average molecular weight is 470 g/mol. The largest absolute Gasteiger partial charge is 0.387 e. The van der Waals surface area contributed by atoms with Crippen molar-refractivity contribution in [3.63, 3.8) is 0 Å². The fraction of sp³-hybridized carbons (Fsp3) is 0.333. The molecular formula is C24H27N3O5S. The Hall–Kier alpha value is -3.17. The molecule has 1 aliphatic heterocycles. The average Bonchev–Trinajstić information content (AvgIpc) is 2.83. The molecule has 3 rings (SSSR count). The fourth-order valence-corrected chi connectivity index (χ4v) is 4.86. The highest BCUT2D eigenvalue weighted by atomic mass is 32.2. The SMILES string of the molecule is C=C(C(=O)N1CCN(C(=O)CO)CC1)c1ccc(Sc2ccccc2C(C)C)c([N+](=O)[O-])c1. The van der Waals surface area contributed by atoms with Crippen LogP contribution < -0.4 is 0 Å². The second-order valence-corrected chi connectivity index (χ2v) is 9.13. The van der Waals surface area contributed by atoms with Crippen molar-refractivity contribution in [1.82, 2.24) is 9.80 Å². The van der Waals surface area contributed by atoms with E-state index in [1.54, 1.807) is 17.0 Å². The zero-order valence-electron chi connectivity index (χ0n) is 18.7. The maximum absolute atomic E-state index is 12.9. The smallest absolute Gasteiger partial charge is 0.283 e. The van der Waals surface area contributed by atoms with Crippen LogP contribution in [0.25, 0.3) is 5.57 Å². The number of nitrogens with zero attached hydrogens (tertiary/aromatic N) is 3. The molecule has 2 aromatic carbocycles. The molecule has 1 N–H and O–H groups in total. The second-order valence-electron chi connectivity index (χ2n) is 8.04. The molecule has 8 nitrogen and oxygen atoms in total. The first-order chi connectivity index (χ1) is 15.7. The van der Waals surface area contributed by atoms with Gasteiger partial charge in [-0.15, -0.1) is 0 Å². The molecule has 0 aromatic heterocycles. The minimum Gasteiger partial charge on any atom is -0.387 e. The van der Waals surface area contributed by atoms with Crippen molar-refractivity contribution < 1.29 is 19.6 Å². The third-order valence-corrected chi connectivity index (χ3v) is 6.73. The Balaban J connectivity index is 1.79. The van der Waals surface area contributed by atoms with E-state index in [1.165, 1.54) is 22.7 Å². The lowest BCUT2D eigenvalue weighted by Gasteiger charge is -2.34. The van der Waals surface area contributed by atoms with Gasteiger partial charge in [-0.1, -0.05) is 56.5 Å². The molecule has 2 amide bonds. The summed E-state index contributed by atoms with van der Waals surface area (Å²) in [6.45, 7) is 8.74. The molecule has 33 heavy (non-hydrogen) atoms. The van der Waals surface area contributed by atoms with E-state index in [1.807, 2.05) is 24.3 Å². The van der Waals surface area contributed by atoms with Crippen LogP contribution >= 0.6 is 11.8 Å². The van der Waals surface area contributed by atoms with Crippen LogP contribution in [0.5, 0.6) is 0 Å². The number of aliphatic hydroxyl groups excluding tert-OH is 1. The molecule has 1 fully saturated rings. The van der Waals surface area contributed by atoms with Gasteiger partial charge in [0.25, 0.3) is 11.6 Å². The third-order valence-electron chi connectivity index (χ3n) is 5.58. The van der Waals surface area contributed by atoms with Gasteiger partial charge in [0.2, 0.25) is 5.91 Å². The van der Waals surface area contributed by atoms with Gasteiger partial charge in [0.15, 0.2) is 0 Å². The molecular weight excluding hydrogens is 442 g/mol. The number of amides is 2. The van der Waals surface area contributed by atoms with Gasteiger partial charge in [0, 0.05) is 42.7 Å². The predicted molar refractivity (Wildman–Crippen MR) is 127 cm³/mol. The Kier molecular flexibility index (Phi) is 7.88. The van der Waals surface area contributed by atoms with Crippen molar-refractivity contribution in [3.05, 3.63) is 70.3 Å². The van der Waals surface area contributed by atoms with E-state index in [-0.39, 0.29) is 29.0 Å².